The number of aromatic nitrogens is 1. The van der Waals surface area contributed by atoms with E-state index < -0.39 is 0 Å². The van der Waals surface area contributed by atoms with Crippen molar-refractivity contribution in [3.05, 3.63) is 66.3 Å². The maximum absolute atomic E-state index is 13.8. The molecule has 0 radical (unpaired) electrons. The highest BCUT2D eigenvalue weighted by molar-refractivity contribution is 7.80. The molecule has 2 N–H and O–H groups in total. The monoisotopic (exact) mass is 313 g/mol. The summed E-state index contributed by atoms with van der Waals surface area (Å²) in [6, 6.07) is 5.05. The molecule has 0 aliphatic carbocycles. The van der Waals surface area contributed by atoms with Crippen LogP contribution in [0.3, 0.4) is 0 Å². The number of rotatable bonds is 3. The second kappa shape index (κ2) is 5.77. The molecule has 22 heavy (non-hydrogen) atoms. The van der Waals surface area contributed by atoms with Crippen LogP contribution in [0.1, 0.15) is 5.56 Å². The van der Waals surface area contributed by atoms with Crippen LogP contribution in [-0.4, -0.2) is 28.1 Å². The molecule has 0 unspecified atom stereocenters. The SMILES string of the molecule is C=CCN1C(=C)/C(=C/c2c[nH]c3c(F)cccc23)CNC1=S. The molecule has 0 spiro atoms. The van der Waals surface area contributed by atoms with Gasteiger partial charge < -0.3 is 15.2 Å². The third-order valence-corrected chi connectivity index (χ3v) is 4.07. The van der Waals surface area contributed by atoms with E-state index in [-0.39, 0.29) is 5.82 Å². The summed E-state index contributed by atoms with van der Waals surface area (Å²) in [5.41, 5.74) is 3.30. The van der Waals surface area contributed by atoms with E-state index in [9.17, 15) is 4.39 Å². The fourth-order valence-electron chi connectivity index (χ4n) is 2.57. The second-order valence-corrected chi connectivity index (χ2v) is 5.47. The van der Waals surface area contributed by atoms with E-state index in [1.165, 1.54) is 6.07 Å². The van der Waals surface area contributed by atoms with Crippen molar-refractivity contribution in [1.29, 1.82) is 0 Å². The molecule has 5 heteroatoms. The number of thiocarbonyl (C=S) groups is 1. The standard InChI is InChI=1S/C17H16FN3S/c1-3-7-21-11(2)12(9-20-17(21)22)8-13-10-19-16-14(13)5-4-6-15(16)18/h3-6,8,10,19H,1-2,7,9H2,(H,20,22)/b12-8+. The average molecular weight is 313 g/mol. The smallest absolute Gasteiger partial charge is 0.174 e. The molecule has 1 saturated heterocycles. The number of nitrogens with zero attached hydrogens (tertiary/aromatic N) is 1. The van der Waals surface area contributed by atoms with Crippen molar-refractivity contribution in [2.24, 2.45) is 0 Å². The van der Waals surface area contributed by atoms with E-state index in [2.05, 4.69) is 23.5 Å². The Balaban J connectivity index is 2.00. The van der Waals surface area contributed by atoms with Gasteiger partial charge in [0.15, 0.2) is 5.11 Å². The van der Waals surface area contributed by atoms with Crippen LogP contribution >= 0.6 is 12.2 Å². The number of para-hydroxylation sites is 1. The zero-order valence-corrected chi connectivity index (χ0v) is 12.8. The van der Waals surface area contributed by atoms with Crippen molar-refractivity contribution >= 4 is 34.3 Å². The number of aromatic amines is 1. The largest absolute Gasteiger partial charge is 0.358 e. The third-order valence-electron chi connectivity index (χ3n) is 3.71. The number of benzene rings is 1. The molecule has 1 aromatic carbocycles. The van der Waals surface area contributed by atoms with Crippen LogP contribution in [0.5, 0.6) is 0 Å². The highest BCUT2D eigenvalue weighted by Crippen LogP contribution is 2.26. The van der Waals surface area contributed by atoms with Crippen molar-refractivity contribution in [1.82, 2.24) is 15.2 Å². The van der Waals surface area contributed by atoms with Gasteiger partial charge in [0, 0.05) is 35.9 Å². The van der Waals surface area contributed by atoms with Gasteiger partial charge in [0.1, 0.15) is 5.82 Å². The molecule has 0 atom stereocenters. The molecule has 112 valence electrons. The number of halogens is 1. The van der Waals surface area contributed by atoms with Gasteiger partial charge in [0.2, 0.25) is 0 Å². The lowest BCUT2D eigenvalue weighted by Gasteiger charge is -2.33. The van der Waals surface area contributed by atoms with E-state index in [1.807, 2.05) is 17.0 Å². The number of H-pyrrole nitrogens is 1. The zero-order chi connectivity index (χ0) is 15.7. The quantitative estimate of drug-likeness (QED) is 0.671. The van der Waals surface area contributed by atoms with Gasteiger partial charge in [-0.2, -0.15) is 0 Å². The van der Waals surface area contributed by atoms with Crippen LogP contribution in [0.4, 0.5) is 4.39 Å². The summed E-state index contributed by atoms with van der Waals surface area (Å²) in [5.74, 6) is -0.253. The first kappa shape index (κ1) is 14.5. The van der Waals surface area contributed by atoms with Gasteiger partial charge in [-0.15, -0.1) is 6.58 Å². The predicted octanol–water partition coefficient (Wildman–Crippen LogP) is 3.58. The van der Waals surface area contributed by atoms with Gasteiger partial charge >= 0.3 is 0 Å². The molecule has 1 aliphatic heterocycles. The van der Waals surface area contributed by atoms with Crippen molar-refractivity contribution in [3.63, 3.8) is 0 Å². The van der Waals surface area contributed by atoms with Crippen molar-refractivity contribution in [2.75, 3.05) is 13.1 Å². The molecule has 0 bridgehead atoms. The minimum Gasteiger partial charge on any atom is -0.358 e. The summed E-state index contributed by atoms with van der Waals surface area (Å²) >= 11 is 5.29. The van der Waals surface area contributed by atoms with Crippen LogP contribution in [0.2, 0.25) is 0 Å². The van der Waals surface area contributed by atoms with E-state index >= 15 is 0 Å². The van der Waals surface area contributed by atoms with Gasteiger partial charge in [-0.25, -0.2) is 4.39 Å². The number of fused-ring (bicyclic) bond motifs is 1. The normalized spacial score (nSPS) is 17.1. The lowest BCUT2D eigenvalue weighted by molar-refractivity contribution is 0.542. The Morgan fingerprint density at radius 3 is 3.00 bits per heavy atom. The number of hydrogen-bond donors (Lipinski definition) is 2. The lowest BCUT2D eigenvalue weighted by Crippen LogP contribution is -2.45. The Morgan fingerprint density at radius 1 is 1.41 bits per heavy atom. The summed E-state index contributed by atoms with van der Waals surface area (Å²) in [6.07, 6.45) is 5.59. The minimum absolute atomic E-state index is 0.253. The molecule has 1 fully saturated rings. The summed E-state index contributed by atoms with van der Waals surface area (Å²) in [7, 11) is 0. The molecule has 0 saturated carbocycles. The first-order chi connectivity index (χ1) is 10.6. The van der Waals surface area contributed by atoms with Gasteiger partial charge in [-0.3, -0.25) is 0 Å². The van der Waals surface area contributed by atoms with Crippen molar-refractivity contribution in [2.45, 2.75) is 0 Å². The topological polar surface area (TPSA) is 31.1 Å². The Morgan fingerprint density at radius 2 is 2.23 bits per heavy atom. The van der Waals surface area contributed by atoms with Gasteiger partial charge in [-0.1, -0.05) is 24.8 Å². The molecule has 1 aliphatic rings. The van der Waals surface area contributed by atoms with E-state index in [4.69, 9.17) is 12.2 Å². The first-order valence-corrected chi connectivity index (χ1v) is 7.34. The van der Waals surface area contributed by atoms with Gasteiger partial charge in [-0.05, 0) is 29.9 Å². The number of nitrogens with one attached hydrogen (secondary N) is 2. The molecule has 3 nitrogen and oxygen atoms in total. The minimum atomic E-state index is -0.253. The molecule has 2 heterocycles. The molecular formula is C17H16FN3S. The molecule has 3 rings (SSSR count). The van der Waals surface area contributed by atoms with Crippen LogP contribution in [0.15, 0.2) is 54.9 Å². The summed E-state index contributed by atoms with van der Waals surface area (Å²) in [6.45, 7) is 9.07. The van der Waals surface area contributed by atoms with E-state index in [0.29, 0.717) is 23.7 Å². The predicted molar refractivity (Wildman–Crippen MR) is 92.9 cm³/mol. The van der Waals surface area contributed by atoms with Crippen molar-refractivity contribution in [3.8, 4) is 0 Å². The fraction of sp³-hybridized carbons (Fsp3) is 0.118. The highest BCUT2D eigenvalue weighted by atomic mass is 32.1. The van der Waals surface area contributed by atoms with Crippen molar-refractivity contribution < 1.29 is 4.39 Å². The van der Waals surface area contributed by atoms with E-state index in [1.54, 1.807) is 18.3 Å². The van der Waals surface area contributed by atoms with Crippen LogP contribution in [-0.2, 0) is 0 Å². The average Bonchev–Trinajstić information content (AvgIpc) is 2.91. The second-order valence-electron chi connectivity index (χ2n) is 5.08. The molecule has 1 aromatic heterocycles. The number of hydrogen-bond acceptors (Lipinski definition) is 1. The summed E-state index contributed by atoms with van der Waals surface area (Å²) < 4.78 is 13.8. The van der Waals surface area contributed by atoms with E-state index in [0.717, 1.165) is 22.2 Å². The van der Waals surface area contributed by atoms with Gasteiger partial charge in [0.05, 0.1) is 5.52 Å². The highest BCUT2D eigenvalue weighted by Gasteiger charge is 2.21. The van der Waals surface area contributed by atoms with Crippen LogP contribution in [0, 0.1) is 5.82 Å². The summed E-state index contributed by atoms with van der Waals surface area (Å²) in [4.78, 5) is 4.88. The maximum Gasteiger partial charge on any atom is 0.174 e. The Labute approximate surface area is 133 Å². The van der Waals surface area contributed by atoms with Crippen LogP contribution in [0.25, 0.3) is 17.0 Å². The van der Waals surface area contributed by atoms with Gasteiger partial charge in [0.25, 0.3) is 0 Å². The summed E-state index contributed by atoms with van der Waals surface area (Å²) in [5, 5.41) is 4.66. The fourth-order valence-corrected chi connectivity index (χ4v) is 2.82. The Bertz CT molecular complexity index is 803. The molecule has 0 amide bonds. The lowest BCUT2D eigenvalue weighted by atomic mass is 10.1. The Kier molecular flexibility index (Phi) is 3.81. The molecular weight excluding hydrogens is 297 g/mol. The first-order valence-electron chi connectivity index (χ1n) is 6.93. The Hall–Kier alpha value is -2.40. The third kappa shape index (κ3) is 2.44. The zero-order valence-electron chi connectivity index (χ0n) is 12.0. The molecule has 2 aromatic rings. The van der Waals surface area contributed by atoms with Crippen LogP contribution < -0.4 is 5.32 Å². The maximum atomic E-state index is 13.8.